The van der Waals surface area contributed by atoms with Crippen molar-refractivity contribution in [2.24, 2.45) is 5.10 Å². The van der Waals surface area contributed by atoms with E-state index < -0.39 is 0 Å². The summed E-state index contributed by atoms with van der Waals surface area (Å²) in [6.45, 7) is 4.42. The Morgan fingerprint density at radius 1 is 1.19 bits per heavy atom. The normalized spacial score (nSPS) is 11.0. The SMILES string of the molecule is CC(=NNC(=S)NCc1ccccc1)c1nccnc1C. The third kappa shape index (κ3) is 4.61. The number of hydrazone groups is 1. The number of nitrogens with zero attached hydrogens (tertiary/aromatic N) is 3. The number of thiocarbonyl (C=S) groups is 1. The van der Waals surface area contributed by atoms with Crippen LogP contribution in [0.3, 0.4) is 0 Å². The molecule has 0 unspecified atom stereocenters. The second kappa shape index (κ2) is 7.44. The number of aromatic nitrogens is 2. The molecule has 0 radical (unpaired) electrons. The maximum absolute atomic E-state index is 5.19. The van der Waals surface area contributed by atoms with Crippen molar-refractivity contribution in [3.63, 3.8) is 0 Å². The van der Waals surface area contributed by atoms with E-state index >= 15 is 0 Å². The average Bonchev–Trinajstić information content (AvgIpc) is 2.52. The lowest BCUT2D eigenvalue weighted by Gasteiger charge is -2.08. The van der Waals surface area contributed by atoms with Gasteiger partial charge in [-0.3, -0.25) is 15.4 Å². The Labute approximate surface area is 129 Å². The predicted octanol–water partition coefficient (Wildman–Crippen LogP) is 2.17. The standard InChI is InChI=1S/C15H17N5S/c1-11-14(17-9-8-16-11)12(2)19-20-15(21)18-10-13-6-4-3-5-7-13/h3-9H,10H2,1-2H3,(H2,18,20,21). The van der Waals surface area contributed by atoms with Crippen molar-refractivity contribution in [2.45, 2.75) is 20.4 Å². The molecule has 0 bridgehead atoms. The molecule has 6 heteroatoms. The molecular weight excluding hydrogens is 282 g/mol. The van der Waals surface area contributed by atoms with Gasteiger partial charge >= 0.3 is 0 Å². The van der Waals surface area contributed by atoms with Crippen LogP contribution in [0, 0.1) is 6.92 Å². The van der Waals surface area contributed by atoms with Crippen LogP contribution < -0.4 is 10.7 Å². The lowest BCUT2D eigenvalue weighted by atomic mass is 10.2. The summed E-state index contributed by atoms with van der Waals surface area (Å²) < 4.78 is 0. The van der Waals surface area contributed by atoms with Gasteiger partial charge in [0.05, 0.1) is 11.4 Å². The summed E-state index contributed by atoms with van der Waals surface area (Å²) in [7, 11) is 0. The molecule has 0 saturated heterocycles. The van der Waals surface area contributed by atoms with Crippen molar-refractivity contribution in [1.29, 1.82) is 0 Å². The molecule has 0 fully saturated rings. The summed E-state index contributed by atoms with van der Waals surface area (Å²) in [6.07, 6.45) is 3.30. The molecule has 1 aromatic heterocycles. The van der Waals surface area contributed by atoms with Crippen LogP contribution in [0.2, 0.25) is 0 Å². The Morgan fingerprint density at radius 3 is 2.62 bits per heavy atom. The zero-order valence-electron chi connectivity index (χ0n) is 12.0. The molecule has 2 rings (SSSR count). The quantitative estimate of drug-likeness (QED) is 0.515. The number of nitrogens with one attached hydrogen (secondary N) is 2. The summed E-state index contributed by atoms with van der Waals surface area (Å²) in [6, 6.07) is 10.0. The molecule has 0 amide bonds. The zero-order chi connectivity index (χ0) is 15.1. The smallest absolute Gasteiger partial charge is 0.187 e. The Bertz CT molecular complexity index is 640. The second-order valence-electron chi connectivity index (χ2n) is 4.47. The van der Waals surface area contributed by atoms with Gasteiger partial charge in [0.15, 0.2) is 5.11 Å². The molecule has 0 spiro atoms. The van der Waals surface area contributed by atoms with E-state index in [4.69, 9.17) is 12.2 Å². The highest BCUT2D eigenvalue weighted by atomic mass is 32.1. The highest BCUT2D eigenvalue weighted by Crippen LogP contribution is 2.01. The van der Waals surface area contributed by atoms with Crippen molar-refractivity contribution in [3.05, 3.63) is 59.7 Å². The summed E-state index contributed by atoms with van der Waals surface area (Å²) in [4.78, 5) is 8.44. The third-order valence-electron chi connectivity index (χ3n) is 2.84. The summed E-state index contributed by atoms with van der Waals surface area (Å²) in [5.41, 5.74) is 6.32. The van der Waals surface area contributed by atoms with Gasteiger partial charge in [-0.15, -0.1) is 0 Å². The molecule has 2 N–H and O–H groups in total. The van der Waals surface area contributed by atoms with Gasteiger partial charge in [-0.1, -0.05) is 30.3 Å². The minimum atomic E-state index is 0.472. The fourth-order valence-corrected chi connectivity index (χ4v) is 1.89. The van der Waals surface area contributed by atoms with Crippen LogP contribution in [0.1, 0.15) is 23.9 Å². The van der Waals surface area contributed by atoms with E-state index in [2.05, 4.69) is 25.8 Å². The van der Waals surface area contributed by atoms with Crippen molar-refractivity contribution in [2.75, 3.05) is 0 Å². The van der Waals surface area contributed by atoms with E-state index in [9.17, 15) is 0 Å². The van der Waals surface area contributed by atoms with Crippen molar-refractivity contribution >= 4 is 23.0 Å². The molecule has 2 aromatic rings. The Kier molecular flexibility index (Phi) is 5.34. The monoisotopic (exact) mass is 299 g/mol. The maximum atomic E-state index is 5.19. The molecule has 0 aliphatic rings. The fourth-order valence-electron chi connectivity index (χ4n) is 1.77. The lowest BCUT2D eigenvalue weighted by Crippen LogP contribution is -2.32. The first-order valence-electron chi connectivity index (χ1n) is 6.57. The van der Waals surface area contributed by atoms with E-state index in [0.29, 0.717) is 11.7 Å². The fraction of sp³-hybridized carbons (Fsp3) is 0.200. The molecule has 1 aromatic carbocycles. The molecule has 0 saturated carbocycles. The second-order valence-corrected chi connectivity index (χ2v) is 4.88. The Balaban J connectivity index is 1.88. The summed E-state index contributed by atoms with van der Waals surface area (Å²) >= 11 is 5.19. The molecule has 21 heavy (non-hydrogen) atoms. The van der Waals surface area contributed by atoms with Gasteiger partial charge in [0.1, 0.15) is 5.69 Å². The van der Waals surface area contributed by atoms with Gasteiger partial charge in [0, 0.05) is 18.9 Å². The highest BCUT2D eigenvalue weighted by molar-refractivity contribution is 7.80. The van der Waals surface area contributed by atoms with Gasteiger partial charge in [-0.05, 0) is 31.6 Å². The average molecular weight is 299 g/mol. The number of hydrogen-bond acceptors (Lipinski definition) is 4. The number of benzene rings is 1. The van der Waals surface area contributed by atoms with Gasteiger partial charge in [-0.25, -0.2) is 0 Å². The maximum Gasteiger partial charge on any atom is 0.187 e. The minimum absolute atomic E-state index is 0.472. The summed E-state index contributed by atoms with van der Waals surface area (Å²) in [5, 5.41) is 7.80. The van der Waals surface area contributed by atoms with Crippen molar-refractivity contribution < 1.29 is 0 Å². The van der Waals surface area contributed by atoms with E-state index in [1.807, 2.05) is 44.2 Å². The van der Waals surface area contributed by atoms with Crippen LogP contribution in [-0.2, 0) is 6.54 Å². The Morgan fingerprint density at radius 2 is 1.90 bits per heavy atom. The highest BCUT2D eigenvalue weighted by Gasteiger charge is 2.04. The van der Waals surface area contributed by atoms with E-state index in [1.54, 1.807) is 12.4 Å². The van der Waals surface area contributed by atoms with Crippen LogP contribution in [0.5, 0.6) is 0 Å². The van der Waals surface area contributed by atoms with E-state index in [1.165, 1.54) is 0 Å². The van der Waals surface area contributed by atoms with Gasteiger partial charge < -0.3 is 5.32 Å². The molecule has 1 heterocycles. The molecule has 0 atom stereocenters. The molecule has 108 valence electrons. The van der Waals surface area contributed by atoms with Crippen LogP contribution >= 0.6 is 12.2 Å². The van der Waals surface area contributed by atoms with Crippen molar-refractivity contribution in [1.82, 2.24) is 20.7 Å². The summed E-state index contributed by atoms with van der Waals surface area (Å²) in [5.74, 6) is 0. The zero-order valence-corrected chi connectivity index (χ0v) is 12.8. The number of hydrogen-bond donors (Lipinski definition) is 2. The largest absolute Gasteiger partial charge is 0.357 e. The van der Waals surface area contributed by atoms with E-state index in [0.717, 1.165) is 22.7 Å². The van der Waals surface area contributed by atoms with E-state index in [-0.39, 0.29) is 0 Å². The van der Waals surface area contributed by atoms with Gasteiger partial charge in [-0.2, -0.15) is 5.10 Å². The lowest BCUT2D eigenvalue weighted by molar-refractivity contribution is 0.865. The number of aryl methyl sites for hydroxylation is 1. The molecule has 5 nitrogen and oxygen atoms in total. The minimum Gasteiger partial charge on any atom is -0.357 e. The molecular formula is C15H17N5S. The van der Waals surface area contributed by atoms with Crippen LogP contribution in [0.25, 0.3) is 0 Å². The van der Waals surface area contributed by atoms with Crippen LogP contribution in [0.4, 0.5) is 0 Å². The third-order valence-corrected chi connectivity index (χ3v) is 3.08. The van der Waals surface area contributed by atoms with Crippen LogP contribution in [-0.4, -0.2) is 20.8 Å². The van der Waals surface area contributed by atoms with Gasteiger partial charge in [0.2, 0.25) is 0 Å². The van der Waals surface area contributed by atoms with Crippen LogP contribution in [0.15, 0.2) is 47.8 Å². The van der Waals surface area contributed by atoms with Gasteiger partial charge in [0.25, 0.3) is 0 Å². The number of rotatable bonds is 4. The topological polar surface area (TPSA) is 62.2 Å². The molecule has 0 aliphatic heterocycles. The Hall–Kier alpha value is -2.34. The van der Waals surface area contributed by atoms with Crippen molar-refractivity contribution in [3.8, 4) is 0 Å². The predicted molar refractivity (Wildman–Crippen MR) is 88.0 cm³/mol. The first-order chi connectivity index (χ1) is 10.2. The first-order valence-corrected chi connectivity index (χ1v) is 6.97. The molecule has 0 aliphatic carbocycles. The first kappa shape index (κ1) is 15.1.